The van der Waals surface area contributed by atoms with Gasteiger partial charge in [0.1, 0.15) is 11.5 Å². The summed E-state index contributed by atoms with van der Waals surface area (Å²) in [4.78, 5) is -0.0379. The fourth-order valence-electron chi connectivity index (χ4n) is 2.26. The Bertz CT molecular complexity index is 1010. The SMILES string of the molecule is Cc1ccc(S(=O)(=O)OCP(=O)(Oc2ccccc2)Oc2ccccc2)cc1. The highest BCUT2D eigenvalue weighted by Crippen LogP contribution is 2.49. The van der Waals surface area contributed by atoms with Crippen LogP contribution in [0.4, 0.5) is 0 Å². The molecule has 0 saturated carbocycles. The van der Waals surface area contributed by atoms with Gasteiger partial charge in [-0.3, -0.25) is 4.18 Å². The maximum Gasteiger partial charge on any atom is 0.457 e. The summed E-state index contributed by atoms with van der Waals surface area (Å²) in [5, 5.41) is 0. The van der Waals surface area contributed by atoms with Crippen LogP contribution < -0.4 is 9.05 Å². The van der Waals surface area contributed by atoms with Gasteiger partial charge in [0, 0.05) is 0 Å². The van der Waals surface area contributed by atoms with Gasteiger partial charge in [0.15, 0.2) is 6.35 Å². The van der Waals surface area contributed by atoms with Crippen LogP contribution in [0.25, 0.3) is 0 Å². The molecule has 0 N–H and O–H groups in total. The molecule has 0 atom stereocenters. The lowest BCUT2D eigenvalue weighted by Crippen LogP contribution is -2.13. The first-order valence-electron chi connectivity index (χ1n) is 8.41. The Morgan fingerprint density at radius 3 is 1.68 bits per heavy atom. The first kappa shape index (κ1) is 20.1. The van der Waals surface area contributed by atoms with Crippen molar-refractivity contribution in [2.75, 3.05) is 6.35 Å². The van der Waals surface area contributed by atoms with Gasteiger partial charge in [-0.2, -0.15) is 8.42 Å². The third kappa shape index (κ3) is 5.45. The third-order valence-electron chi connectivity index (χ3n) is 3.65. The van der Waals surface area contributed by atoms with Crippen LogP contribution in [0, 0.1) is 6.92 Å². The number of rotatable bonds is 8. The largest absolute Gasteiger partial charge is 0.457 e. The van der Waals surface area contributed by atoms with E-state index in [1.165, 1.54) is 12.1 Å². The average molecular weight is 418 g/mol. The van der Waals surface area contributed by atoms with Gasteiger partial charge in [-0.1, -0.05) is 54.1 Å². The van der Waals surface area contributed by atoms with Gasteiger partial charge in [0.2, 0.25) is 0 Å². The predicted octanol–water partition coefficient (Wildman–Crippen LogP) is 5.01. The first-order valence-corrected chi connectivity index (χ1v) is 11.5. The molecule has 3 rings (SSSR count). The minimum Gasteiger partial charge on any atom is -0.415 e. The number of para-hydroxylation sites is 2. The molecule has 0 bridgehead atoms. The van der Waals surface area contributed by atoms with Crippen LogP contribution in [0.3, 0.4) is 0 Å². The van der Waals surface area contributed by atoms with Crippen molar-refractivity contribution in [2.24, 2.45) is 0 Å². The van der Waals surface area contributed by atoms with Gasteiger partial charge in [-0.25, -0.2) is 4.57 Å². The summed E-state index contributed by atoms with van der Waals surface area (Å²) in [5.41, 5.74) is 0.907. The molecule has 0 amide bonds. The van der Waals surface area contributed by atoms with E-state index in [9.17, 15) is 13.0 Å². The van der Waals surface area contributed by atoms with Crippen LogP contribution in [-0.4, -0.2) is 14.8 Å². The number of hydrogen-bond acceptors (Lipinski definition) is 6. The normalized spacial score (nSPS) is 11.8. The van der Waals surface area contributed by atoms with Crippen LogP contribution in [0.1, 0.15) is 5.56 Å². The zero-order valence-corrected chi connectivity index (χ0v) is 16.8. The van der Waals surface area contributed by atoms with E-state index < -0.39 is 24.1 Å². The molecule has 0 heterocycles. The molecule has 0 aliphatic rings. The maximum absolute atomic E-state index is 13.3. The van der Waals surface area contributed by atoms with Gasteiger partial charge >= 0.3 is 7.60 Å². The number of aryl methyl sites for hydroxylation is 1. The Morgan fingerprint density at radius 1 is 0.750 bits per heavy atom. The second-order valence-corrected chi connectivity index (χ2v) is 9.39. The summed E-state index contributed by atoms with van der Waals surface area (Å²) in [6.07, 6.45) is -0.771. The predicted molar refractivity (Wildman–Crippen MR) is 106 cm³/mol. The van der Waals surface area contributed by atoms with Gasteiger partial charge in [0.05, 0.1) is 4.90 Å². The minimum absolute atomic E-state index is 0.0379. The molecule has 146 valence electrons. The van der Waals surface area contributed by atoms with Crippen LogP contribution >= 0.6 is 7.60 Å². The highest BCUT2D eigenvalue weighted by atomic mass is 32.2. The van der Waals surface area contributed by atoms with Crippen molar-refractivity contribution in [1.82, 2.24) is 0 Å². The summed E-state index contributed by atoms with van der Waals surface area (Å²) in [7, 11) is -8.12. The Morgan fingerprint density at radius 2 is 1.21 bits per heavy atom. The molecule has 0 aliphatic heterocycles. The van der Waals surface area contributed by atoms with E-state index in [1.807, 2.05) is 6.92 Å². The maximum atomic E-state index is 13.3. The average Bonchev–Trinajstić information content (AvgIpc) is 2.68. The molecule has 0 spiro atoms. The number of benzene rings is 3. The highest BCUT2D eigenvalue weighted by molar-refractivity contribution is 7.87. The van der Waals surface area contributed by atoms with Gasteiger partial charge in [-0.05, 0) is 43.3 Å². The molecule has 3 aromatic carbocycles. The molecule has 8 heteroatoms. The van der Waals surface area contributed by atoms with E-state index in [2.05, 4.69) is 0 Å². The molecule has 0 aliphatic carbocycles. The quantitative estimate of drug-likeness (QED) is 0.378. The van der Waals surface area contributed by atoms with Crippen molar-refractivity contribution in [2.45, 2.75) is 11.8 Å². The second kappa shape index (κ2) is 8.61. The lowest BCUT2D eigenvalue weighted by molar-refractivity contribution is 0.310. The fourth-order valence-corrected chi connectivity index (χ4v) is 4.97. The molecular formula is C20H19O6PS. The van der Waals surface area contributed by atoms with Crippen LogP contribution in [0.15, 0.2) is 89.8 Å². The third-order valence-corrected chi connectivity index (χ3v) is 6.53. The highest BCUT2D eigenvalue weighted by Gasteiger charge is 2.32. The molecule has 0 radical (unpaired) electrons. The van der Waals surface area contributed by atoms with Crippen molar-refractivity contribution in [3.05, 3.63) is 90.5 Å². The van der Waals surface area contributed by atoms with Crippen molar-refractivity contribution in [3.63, 3.8) is 0 Å². The van der Waals surface area contributed by atoms with Crippen molar-refractivity contribution in [3.8, 4) is 11.5 Å². The monoisotopic (exact) mass is 418 g/mol. The Hall–Kier alpha value is -2.60. The van der Waals surface area contributed by atoms with Gasteiger partial charge in [-0.15, -0.1) is 0 Å². The Kier molecular flexibility index (Phi) is 6.19. The summed E-state index contributed by atoms with van der Waals surface area (Å²) in [6.45, 7) is 1.84. The first-order chi connectivity index (χ1) is 13.4. The van der Waals surface area contributed by atoms with E-state index in [4.69, 9.17) is 13.2 Å². The van der Waals surface area contributed by atoms with Crippen LogP contribution in [0.5, 0.6) is 11.5 Å². The zero-order valence-electron chi connectivity index (χ0n) is 15.1. The van der Waals surface area contributed by atoms with Crippen molar-refractivity contribution < 1.29 is 26.2 Å². The standard InChI is InChI=1S/C20H19O6PS/c1-17-12-14-20(15-13-17)28(22,23)24-16-27(21,25-18-8-4-2-5-9-18)26-19-10-6-3-7-11-19/h2-15H,16H2,1H3. The molecule has 0 unspecified atom stereocenters. The van der Waals surface area contributed by atoms with E-state index >= 15 is 0 Å². The topological polar surface area (TPSA) is 78.9 Å². The smallest absolute Gasteiger partial charge is 0.415 e. The molecule has 0 saturated heterocycles. The van der Waals surface area contributed by atoms with E-state index in [1.54, 1.807) is 72.8 Å². The van der Waals surface area contributed by atoms with Crippen molar-refractivity contribution in [1.29, 1.82) is 0 Å². The van der Waals surface area contributed by atoms with Crippen molar-refractivity contribution >= 4 is 17.7 Å². The van der Waals surface area contributed by atoms with Crippen LogP contribution in [0.2, 0.25) is 0 Å². The Balaban J connectivity index is 1.82. The lowest BCUT2D eigenvalue weighted by atomic mass is 10.2. The summed E-state index contributed by atoms with van der Waals surface area (Å²) in [5.74, 6) is 0.552. The lowest BCUT2D eigenvalue weighted by Gasteiger charge is -2.20. The van der Waals surface area contributed by atoms with Gasteiger partial charge in [0.25, 0.3) is 10.1 Å². The minimum atomic E-state index is -4.13. The summed E-state index contributed by atoms with van der Waals surface area (Å²) in [6, 6.07) is 22.9. The molecule has 6 nitrogen and oxygen atoms in total. The zero-order chi connectivity index (χ0) is 20.0. The molecule has 0 fully saturated rings. The molecule has 0 aromatic heterocycles. The molecule has 28 heavy (non-hydrogen) atoms. The van der Waals surface area contributed by atoms with E-state index in [0.717, 1.165) is 5.56 Å². The fraction of sp³-hybridized carbons (Fsp3) is 0.100. The molecule has 3 aromatic rings. The summed E-state index contributed by atoms with van der Waals surface area (Å²) >= 11 is 0. The van der Waals surface area contributed by atoms with E-state index in [0.29, 0.717) is 0 Å². The van der Waals surface area contributed by atoms with Crippen LogP contribution in [-0.2, 0) is 18.9 Å². The van der Waals surface area contributed by atoms with Gasteiger partial charge < -0.3 is 9.05 Å². The Labute approximate surface area is 164 Å². The van der Waals surface area contributed by atoms with E-state index in [-0.39, 0.29) is 16.4 Å². The molecular weight excluding hydrogens is 399 g/mol. The summed E-state index contributed by atoms with van der Waals surface area (Å²) < 4.78 is 54.2. The second-order valence-electron chi connectivity index (χ2n) is 5.93. The number of hydrogen-bond donors (Lipinski definition) is 0.